The van der Waals surface area contributed by atoms with Gasteiger partial charge < -0.3 is 19.5 Å². The first-order valence-electron chi connectivity index (χ1n) is 8.07. The minimum absolute atomic E-state index is 0.383. The summed E-state index contributed by atoms with van der Waals surface area (Å²) in [7, 11) is 0. The van der Waals surface area contributed by atoms with Gasteiger partial charge in [0.25, 0.3) is 0 Å². The highest BCUT2D eigenvalue weighted by Gasteiger charge is 2.21. The fourth-order valence-corrected chi connectivity index (χ4v) is 3.18. The third-order valence-corrected chi connectivity index (χ3v) is 4.33. The van der Waals surface area contributed by atoms with E-state index >= 15 is 0 Å². The van der Waals surface area contributed by atoms with Gasteiger partial charge in [0, 0.05) is 19.3 Å². The van der Waals surface area contributed by atoms with Crippen molar-refractivity contribution in [2.75, 3.05) is 33.0 Å². The molecule has 21 heavy (non-hydrogen) atoms. The summed E-state index contributed by atoms with van der Waals surface area (Å²) in [4.78, 5) is 0. The van der Waals surface area contributed by atoms with Crippen LogP contribution in [0.3, 0.4) is 0 Å². The Kier molecular flexibility index (Phi) is 4.99. The van der Waals surface area contributed by atoms with Crippen molar-refractivity contribution >= 4 is 0 Å². The first kappa shape index (κ1) is 14.7. The van der Waals surface area contributed by atoms with Crippen molar-refractivity contribution in [3.63, 3.8) is 0 Å². The highest BCUT2D eigenvalue weighted by molar-refractivity contribution is 5.44. The minimum Gasteiger partial charge on any atom is -0.486 e. The van der Waals surface area contributed by atoms with Crippen molar-refractivity contribution in [2.24, 2.45) is 5.92 Å². The third-order valence-electron chi connectivity index (χ3n) is 4.33. The molecule has 0 saturated carbocycles. The number of ether oxygens (including phenoxy) is 3. The van der Waals surface area contributed by atoms with Gasteiger partial charge in [-0.1, -0.05) is 13.0 Å². The Balaban J connectivity index is 1.73. The zero-order valence-corrected chi connectivity index (χ0v) is 12.8. The Hall–Kier alpha value is -1.26. The fraction of sp³-hybridized carbons (Fsp3) is 0.647. The van der Waals surface area contributed by atoms with Crippen LogP contribution in [0.15, 0.2) is 18.2 Å². The lowest BCUT2D eigenvalue weighted by Gasteiger charge is -2.28. The SMILES string of the molecule is CCNC(CC1CCOCC1)c1ccc2c(c1)OCCO2. The van der Waals surface area contributed by atoms with E-state index in [-0.39, 0.29) is 0 Å². The van der Waals surface area contributed by atoms with E-state index in [1.807, 2.05) is 6.07 Å². The molecular weight excluding hydrogens is 266 g/mol. The van der Waals surface area contributed by atoms with Crippen LogP contribution in [-0.2, 0) is 4.74 Å². The molecule has 3 rings (SSSR count). The second kappa shape index (κ2) is 7.14. The molecule has 1 N–H and O–H groups in total. The van der Waals surface area contributed by atoms with Crippen molar-refractivity contribution in [3.8, 4) is 11.5 Å². The molecule has 4 nitrogen and oxygen atoms in total. The van der Waals surface area contributed by atoms with Crippen LogP contribution in [0.25, 0.3) is 0 Å². The molecule has 0 spiro atoms. The molecule has 0 radical (unpaired) electrons. The molecule has 1 aromatic carbocycles. The van der Waals surface area contributed by atoms with Crippen LogP contribution in [0.4, 0.5) is 0 Å². The van der Waals surface area contributed by atoms with E-state index in [0.717, 1.165) is 43.6 Å². The molecule has 0 bridgehead atoms. The number of hydrogen-bond donors (Lipinski definition) is 1. The Labute approximate surface area is 126 Å². The number of rotatable bonds is 5. The maximum atomic E-state index is 5.71. The summed E-state index contributed by atoms with van der Waals surface area (Å²) in [5, 5.41) is 3.62. The van der Waals surface area contributed by atoms with E-state index in [1.165, 1.54) is 18.4 Å². The average Bonchev–Trinajstić information content (AvgIpc) is 2.55. The highest BCUT2D eigenvalue weighted by atomic mass is 16.6. The standard InChI is InChI=1S/C17H25NO3/c1-2-18-15(11-13-5-7-19-8-6-13)14-3-4-16-17(12-14)21-10-9-20-16/h3-4,12-13,15,18H,2,5-11H2,1H3. The predicted octanol–water partition coefficient (Wildman–Crippen LogP) is 2.93. The van der Waals surface area contributed by atoms with Crippen LogP contribution in [0, 0.1) is 5.92 Å². The monoisotopic (exact) mass is 291 g/mol. The molecule has 2 heterocycles. The van der Waals surface area contributed by atoms with Gasteiger partial charge in [-0.25, -0.2) is 0 Å². The molecule has 1 unspecified atom stereocenters. The van der Waals surface area contributed by atoms with E-state index in [9.17, 15) is 0 Å². The van der Waals surface area contributed by atoms with Crippen molar-refractivity contribution in [3.05, 3.63) is 23.8 Å². The summed E-state index contributed by atoms with van der Waals surface area (Å²) in [6.07, 6.45) is 3.51. The van der Waals surface area contributed by atoms with Crippen LogP contribution in [0.1, 0.15) is 37.8 Å². The molecule has 116 valence electrons. The summed E-state index contributed by atoms with van der Waals surface area (Å²) < 4.78 is 16.8. The van der Waals surface area contributed by atoms with Crippen LogP contribution < -0.4 is 14.8 Å². The van der Waals surface area contributed by atoms with Gasteiger partial charge in [-0.2, -0.15) is 0 Å². The Bertz CT molecular complexity index is 457. The molecule has 0 aromatic heterocycles. The van der Waals surface area contributed by atoms with Crippen molar-refractivity contribution in [1.29, 1.82) is 0 Å². The summed E-state index contributed by atoms with van der Waals surface area (Å²) >= 11 is 0. The molecule has 1 saturated heterocycles. The Morgan fingerprint density at radius 2 is 1.86 bits per heavy atom. The smallest absolute Gasteiger partial charge is 0.161 e. The van der Waals surface area contributed by atoms with E-state index in [1.54, 1.807) is 0 Å². The average molecular weight is 291 g/mol. The van der Waals surface area contributed by atoms with Crippen molar-refractivity contribution in [1.82, 2.24) is 5.32 Å². The quantitative estimate of drug-likeness (QED) is 0.905. The molecule has 2 aliphatic heterocycles. The minimum atomic E-state index is 0.383. The van der Waals surface area contributed by atoms with E-state index in [0.29, 0.717) is 19.3 Å². The lowest BCUT2D eigenvalue weighted by atomic mass is 9.89. The maximum Gasteiger partial charge on any atom is 0.161 e. The van der Waals surface area contributed by atoms with Crippen molar-refractivity contribution in [2.45, 2.75) is 32.2 Å². The Morgan fingerprint density at radius 1 is 1.10 bits per heavy atom. The molecule has 2 aliphatic rings. The number of nitrogens with one attached hydrogen (secondary N) is 1. The number of fused-ring (bicyclic) bond motifs is 1. The first-order chi connectivity index (χ1) is 10.4. The third kappa shape index (κ3) is 3.69. The van der Waals surface area contributed by atoms with E-state index < -0.39 is 0 Å². The normalized spacial score (nSPS) is 20.2. The van der Waals surface area contributed by atoms with Crippen LogP contribution in [0.2, 0.25) is 0 Å². The Morgan fingerprint density at radius 3 is 2.62 bits per heavy atom. The van der Waals surface area contributed by atoms with E-state index in [4.69, 9.17) is 14.2 Å². The summed E-state index contributed by atoms with van der Waals surface area (Å²) in [5.74, 6) is 2.50. The van der Waals surface area contributed by atoms with Crippen LogP contribution in [0.5, 0.6) is 11.5 Å². The second-order valence-corrected chi connectivity index (χ2v) is 5.80. The second-order valence-electron chi connectivity index (χ2n) is 5.80. The molecule has 1 atom stereocenters. The molecule has 0 amide bonds. The summed E-state index contributed by atoms with van der Waals surface area (Å²) in [6.45, 7) is 6.24. The van der Waals surface area contributed by atoms with Gasteiger partial charge in [-0.3, -0.25) is 0 Å². The van der Waals surface area contributed by atoms with Gasteiger partial charge in [-0.15, -0.1) is 0 Å². The zero-order chi connectivity index (χ0) is 14.5. The first-order valence-corrected chi connectivity index (χ1v) is 8.07. The number of benzene rings is 1. The highest BCUT2D eigenvalue weighted by Crippen LogP contribution is 2.35. The summed E-state index contributed by atoms with van der Waals surface area (Å²) in [5.41, 5.74) is 1.30. The fourth-order valence-electron chi connectivity index (χ4n) is 3.18. The molecule has 4 heteroatoms. The summed E-state index contributed by atoms with van der Waals surface area (Å²) in [6, 6.07) is 6.73. The van der Waals surface area contributed by atoms with Gasteiger partial charge in [0.05, 0.1) is 0 Å². The lowest BCUT2D eigenvalue weighted by Crippen LogP contribution is -2.26. The number of hydrogen-bond acceptors (Lipinski definition) is 4. The van der Waals surface area contributed by atoms with Crippen LogP contribution >= 0.6 is 0 Å². The molecule has 1 fully saturated rings. The van der Waals surface area contributed by atoms with E-state index in [2.05, 4.69) is 24.4 Å². The molecule has 0 aliphatic carbocycles. The zero-order valence-electron chi connectivity index (χ0n) is 12.8. The van der Waals surface area contributed by atoms with Gasteiger partial charge in [-0.05, 0) is 49.4 Å². The topological polar surface area (TPSA) is 39.7 Å². The van der Waals surface area contributed by atoms with Gasteiger partial charge >= 0.3 is 0 Å². The maximum absolute atomic E-state index is 5.71. The predicted molar refractivity (Wildman–Crippen MR) is 82.0 cm³/mol. The van der Waals surface area contributed by atoms with Crippen molar-refractivity contribution < 1.29 is 14.2 Å². The largest absolute Gasteiger partial charge is 0.486 e. The lowest BCUT2D eigenvalue weighted by molar-refractivity contribution is 0.0605. The molecule has 1 aromatic rings. The van der Waals surface area contributed by atoms with Gasteiger partial charge in [0.15, 0.2) is 11.5 Å². The van der Waals surface area contributed by atoms with Crippen LogP contribution in [-0.4, -0.2) is 33.0 Å². The van der Waals surface area contributed by atoms with Gasteiger partial charge in [0.2, 0.25) is 0 Å². The molecular formula is C17H25NO3. The van der Waals surface area contributed by atoms with Gasteiger partial charge in [0.1, 0.15) is 13.2 Å².